The molecular formula is C18H14ClNO3. The zero-order valence-electron chi connectivity index (χ0n) is 12.8. The Labute approximate surface area is 137 Å². The third-order valence-corrected chi connectivity index (χ3v) is 4.52. The van der Waals surface area contributed by atoms with E-state index in [1.54, 1.807) is 24.3 Å². The van der Waals surface area contributed by atoms with Crippen molar-refractivity contribution in [1.82, 2.24) is 4.98 Å². The van der Waals surface area contributed by atoms with E-state index in [2.05, 4.69) is 4.98 Å². The van der Waals surface area contributed by atoms with Gasteiger partial charge in [-0.3, -0.25) is 9.59 Å². The van der Waals surface area contributed by atoms with Crippen LogP contribution in [0.1, 0.15) is 36.3 Å². The fourth-order valence-electron chi connectivity index (χ4n) is 3.21. The zero-order chi connectivity index (χ0) is 16.4. The van der Waals surface area contributed by atoms with Crippen LogP contribution in [0.2, 0.25) is 5.02 Å². The molecule has 2 heterocycles. The van der Waals surface area contributed by atoms with E-state index in [0.717, 1.165) is 0 Å². The van der Waals surface area contributed by atoms with Gasteiger partial charge >= 0.3 is 0 Å². The molecule has 0 amide bonds. The number of fused-ring (bicyclic) bond motifs is 3. The lowest BCUT2D eigenvalue weighted by Crippen LogP contribution is -2.28. The Morgan fingerprint density at radius 1 is 1.13 bits per heavy atom. The molecule has 0 radical (unpaired) electrons. The molecule has 1 aliphatic carbocycles. The first-order chi connectivity index (χ1) is 10.8. The molecule has 5 heteroatoms. The Bertz CT molecular complexity index is 1050. The maximum Gasteiger partial charge on any atom is 0.230 e. The summed E-state index contributed by atoms with van der Waals surface area (Å²) in [6.07, 6.45) is 1.14. The van der Waals surface area contributed by atoms with Crippen LogP contribution in [0.4, 0.5) is 0 Å². The van der Waals surface area contributed by atoms with E-state index in [-0.39, 0.29) is 22.3 Å². The molecule has 0 bridgehead atoms. The highest BCUT2D eigenvalue weighted by atomic mass is 35.5. The van der Waals surface area contributed by atoms with Crippen molar-refractivity contribution in [1.29, 1.82) is 0 Å². The van der Waals surface area contributed by atoms with Gasteiger partial charge in [0.15, 0.2) is 5.78 Å². The highest BCUT2D eigenvalue weighted by Gasteiger charge is 2.32. The standard InChI is InChI=1S/C18H14ClNO3/c1-18(2)7-13-10(14(21)8-18)6-12-16(22)11-5-9(19)3-4-15(11)23-17(12)20-13/h3-6H,7-8H2,1-2H3. The molecule has 3 aromatic rings. The van der Waals surface area contributed by atoms with Gasteiger partial charge in [-0.15, -0.1) is 0 Å². The van der Waals surface area contributed by atoms with Gasteiger partial charge in [-0.1, -0.05) is 25.4 Å². The molecule has 2 aromatic heterocycles. The van der Waals surface area contributed by atoms with Crippen molar-refractivity contribution in [2.24, 2.45) is 5.41 Å². The number of Topliss-reactive ketones (excluding diaryl/α,β-unsaturated/α-hetero) is 1. The molecule has 0 aliphatic heterocycles. The van der Waals surface area contributed by atoms with Crippen LogP contribution in [0.25, 0.3) is 22.1 Å². The summed E-state index contributed by atoms with van der Waals surface area (Å²) < 4.78 is 5.77. The fourth-order valence-corrected chi connectivity index (χ4v) is 3.38. The summed E-state index contributed by atoms with van der Waals surface area (Å²) in [5, 5.41) is 1.19. The monoisotopic (exact) mass is 327 g/mol. The topological polar surface area (TPSA) is 60.2 Å². The smallest absolute Gasteiger partial charge is 0.230 e. The minimum atomic E-state index is -0.211. The van der Waals surface area contributed by atoms with Crippen molar-refractivity contribution in [3.05, 3.63) is 50.8 Å². The lowest BCUT2D eigenvalue weighted by atomic mass is 9.75. The quantitative estimate of drug-likeness (QED) is 0.582. The summed E-state index contributed by atoms with van der Waals surface area (Å²) in [5.74, 6) is 0.0243. The second-order valence-electron chi connectivity index (χ2n) is 6.85. The number of aromatic nitrogens is 1. The van der Waals surface area contributed by atoms with Crippen LogP contribution in [0.15, 0.2) is 33.5 Å². The van der Waals surface area contributed by atoms with Crippen LogP contribution in [0.3, 0.4) is 0 Å². The molecule has 1 aliphatic rings. The van der Waals surface area contributed by atoms with Gasteiger partial charge < -0.3 is 4.42 Å². The third kappa shape index (κ3) is 2.25. The van der Waals surface area contributed by atoms with Crippen LogP contribution in [0, 0.1) is 5.41 Å². The Kier molecular flexibility index (Phi) is 2.91. The Morgan fingerprint density at radius 3 is 2.70 bits per heavy atom. The number of hydrogen-bond donors (Lipinski definition) is 0. The van der Waals surface area contributed by atoms with Crippen LogP contribution in [0.5, 0.6) is 0 Å². The normalized spacial score (nSPS) is 16.7. The number of halogens is 1. The van der Waals surface area contributed by atoms with Crippen LogP contribution in [-0.2, 0) is 6.42 Å². The van der Waals surface area contributed by atoms with Gasteiger partial charge in [-0.25, -0.2) is 4.98 Å². The minimum Gasteiger partial charge on any atom is -0.437 e. The van der Waals surface area contributed by atoms with Crippen molar-refractivity contribution in [3.63, 3.8) is 0 Å². The fraction of sp³-hybridized carbons (Fsp3) is 0.278. The lowest BCUT2D eigenvalue weighted by molar-refractivity contribution is 0.0910. The summed E-state index contributed by atoms with van der Waals surface area (Å²) in [7, 11) is 0. The number of carbonyl (C=O) groups is 1. The van der Waals surface area contributed by atoms with Crippen molar-refractivity contribution in [3.8, 4) is 0 Å². The van der Waals surface area contributed by atoms with Crippen molar-refractivity contribution in [2.75, 3.05) is 0 Å². The molecule has 4 rings (SSSR count). The Balaban J connectivity index is 2.08. The average Bonchev–Trinajstić information content (AvgIpc) is 2.46. The number of ketones is 1. The molecule has 23 heavy (non-hydrogen) atoms. The van der Waals surface area contributed by atoms with Crippen molar-refractivity contribution in [2.45, 2.75) is 26.7 Å². The van der Waals surface area contributed by atoms with Crippen molar-refractivity contribution < 1.29 is 9.21 Å². The van der Waals surface area contributed by atoms with Gasteiger partial charge in [0.05, 0.1) is 16.5 Å². The van der Waals surface area contributed by atoms with Crippen LogP contribution >= 0.6 is 11.6 Å². The molecule has 0 N–H and O–H groups in total. The number of pyridine rings is 1. The van der Waals surface area contributed by atoms with Gasteiger partial charge in [0.1, 0.15) is 5.58 Å². The first-order valence-electron chi connectivity index (χ1n) is 7.43. The summed E-state index contributed by atoms with van der Waals surface area (Å²) >= 11 is 5.96. The summed E-state index contributed by atoms with van der Waals surface area (Å²) in [5.41, 5.74) is 1.61. The molecule has 0 fully saturated rings. The Morgan fingerprint density at radius 2 is 1.91 bits per heavy atom. The molecule has 0 saturated heterocycles. The molecule has 0 spiro atoms. The SMILES string of the molecule is CC1(C)CC(=O)c2cc3c(=O)c4cc(Cl)ccc4oc3nc2C1. The van der Waals surface area contributed by atoms with E-state index in [0.29, 0.717) is 45.5 Å². The first kappa shape index (κ1) is 14.4. The highest BCUT2D eigenvalue weighted by molar-refractivity contribution is 6.31. The van der Waals surface area contributed by atoms with E-state index in [1.807, 2.05) is 13.8 Å². The zero-order valence-corrected chi connectivity index (χ0v) is 13.5. The van der Waals surface area contributed by atoms with Crippen LogP contribution < -0.4 is 5.43 Å². The summed E-state index contributed by atoms with van der Waals surface area (Å²) in [4.78, 5) is 29.5. The molecule has 0 unspecified atom stereocenters. The summed E-state index contributed by atoms with van der Waals surface area (Å²) in [6.45, 7) is 4.08. The molecule has 116 valence electrons. The van der Waals surface area contributed by atoms with Gasteiger partial charge in [0, 0.05) is 17.0 Å². The van der Waals surface area contributed by atoms with Gasteiger partial charge in [-0.05, 0) is 36.1 Å². The van der Waals surface area contributed by atoms with Crippen molar-refractivity contribution >= 4 is 39.5 Å². The number of hydrogen-bond acceptors (Lipinski definition) is 4. The lowest BCUT2D eigenvalue weighted by Gasteiger charge is -2.29. The van der Waals surface area contributed by atoms with E-state index in [4.69, 9.17) is 16.0 Å². The minimum absolute atomic E-state index is 0.0243. The Hall–Kier alpha value is -2.20. The number of nitrogens with zero attached hydrogens (tertiary/aromatic N) is 1. The van der Waals surface area contributed by atoms with Crippen LogP contribution in [-0.4, -0.2) is 10.8 Å². The molecule has 1 aromatic carbocycles. The van der Waals surface area contributed by atoms with E-state index in [9.17, 15) is 9.59 Å². The summed E-state index contributed by atoms with van der Waals surface area (Å²) in [6, 6.07) is 6.53. The number of benzene rings is 1. The van der Waals surface area contributed by atoms with E-state index >= 15 is 0 Å². The van der Waals surface area contributed by atoms with E-state index < -0.39 is 0 Å². The van der Waals surface area contributed by atoms with E-state index in [1.165, 1.54) is 0 Å². The maximum absolute atomic E-state index is 12.7. The number of rotatable bonds is 0. The molecular weight excluding hydrogens is 314 g/mol. The average molecular weight is 328 g/mol. The highest BCUT2D eigenvalue weighted by Crippen LogP contribution is 2.35. The molecule has 0 saturated carbocycles. The largest absolute Gasteiger partial charge is 0.437 e. The maximum atomic E-state index is 12.7. The molecule has 0 atom stereocenters. The van der Waals surface area contributed by atoms with Gasteiger partial charge in [0.2, 0.25) is 11.1 Å². The number of carbonyl (C=O) groups excluding carboxylic acids is 1. The third-order valence-electron chi connectivity index (χ3n) is 4.29. The predicted molar refractivity (Wildman–Crippen MR) is 89.2 cm³/mol. The van der Waals surface area contributed by atoms with Gasteiger partial charge in [0.25, 0.3) is 0 Å². The second-order valence-corrected chi connectivity index (χ2v) is 7.28. The molecule has 4 nitrogen and oxygen atoms in total. The predicted octanol–water partition coefficient (Wildman–Crippen LogP) is 4.15. The first-order valence-corrected chi connectivity index (χ1v) is 7.81. The second kappa shape index (κ2) is 4.65. The van der Waals surface area contributed by atoms with Gasteiger partial charge in [-0.2, -0.15) is 0 Å².